The minimum absolute atomic E-state index is 0.0494. The van der Waals surface area contributed by atoms with E-state index in [0.717, 1.165) is 17.7 Å². The average molecular weight is 267 g/mol. The van der Waals surface area contributed by atoms with E-state index in [4.69, 9.17) is 15.3 Å². The molecular formula is C14H25N3O2. The van der Waals surface area contributed by atoms with E-state index in [0.29, 0.717) is 12.5 Å². The Morgan fingerprint density at radius 1 is 1.32 bits per heavy atom. The first-order valence-electron chi connectivity index (χ1n) is 6.63. The molecule has 1 aromatic heterocycles. The monoisotopic (exact) mass is 267 g/mol. The van der Waals surface area contributed by atoms with Crippen molar-refractivity contribution in [1.29, 1.82) is 0 Å². The summed E-state index contributed by atoms with van der Waals surface area (Å²) < 4.78 is 10.8. The van der Waals surface area contributed by atoms with Crippen molar-refractivity contribution in [3.63, 3.8) is 0 Å². The summed E-state index contributed by atoms with van der Waals surface area (Å²) in [6.45, 7) is 6.83. The van der Waals surface area contributed by atoms with Crippen LogP contribution in [0.5, 0.6) is 5.75 Å². The van der Waals surface area contributed by atoms with Gasteiger partial charge in [0.15, 0.2) is 0 Å². The van der Waals surface area contributed by atoms with E-state index in [9.17, 15) is 0 Å². The van der Waals surface area contributed by atoms with Gasteiger partial charge >= 0.3 is 0 Å². The first-order valence-corrected chi connectivity index (χ1v) is 6.63. The predicted octanol–water partition coefficient (Wildman–Crippen LogP) is 2.05. The highest BCUT2D eigenvalue weighted by Crippen LogP contribution is 2.23. The second kappa shape index (κ2) is 8.09. The highest BCUT2D eigenvalue weighted by Gasteiger charge is 2.15. The first kappa shape index (κ1) is 15.9. The molecule has 0 bridgehead atoms. The van der Waals surface area contributed by atoms with Crippen molar-refractivity contribution in [3.8, 4) is 5.75 Å². The molecular weight excluding hydrogens is 242 g/mol. The molecule has 0 fully saturated rings. The number of rotatable bonds is 8. The maximum absolute atomic E-state index is 5.65. The van der Waals surface area contributed by atoms with Crippen LogP contribution in [-0.2, 0) is 4.74 Å². The van der Waals surface area contributed by atoms with Crippen LogP contribution in [0.2, 0.25) is 0 Å². The summed E-state index contributed by atoms with van der Waals surface area (Å²) in [5, 5.41) is 0. The molecule has 2 unspecified atom stereocenters. The van der Waals surface area contributed by atoms with Gasteiger partial charge in [0.25, 0.3) is 0 Å². The summed E-state index contributed by atoms with van der Waals surface area (Å²) >= 11 is 0. The van der Waals surface area contributed by atoms with Crippen molar-refractivity contribution in [2.24, 2.45) is 11.8 Å². The van der Waals surface area contributed by atoms with Gasteiger partial charge in [-0.25, -0.2) is 0 Å². The van der Waals surface area contributed by atoms with Crippen LogP contribution in [0.25, 0.3) is 0 Å². The van der Waals surface area contributed by atoms with Crippen LogP contribution in [0.3, 0.4) is 0 Å². The Bertz CT molecular complexity index is 371. The highest BCUT2D eigenvalue weighted by molar-refractivity contribution is 5.26. The molecule has 0 saturated heterocycles. The van der Waals surface area contributed by atoms with Crippen LogP contribution in [0.1, 0.15) is 38.8 Å². The van der Waals surface area contributed by atoms with Gasteiger partial charge in [0, 0.05) is 26.0 Å². The molecule has 1 aromatic rings. The molecule has 19 heavy (non-hydrogen) atoms. The number of hydrogen-bond acceptors (Lipinski definition) is 5. The van der Waals surface area contributed by atoms with Gasteiger partial charge in [-0.2, -0.15) is 0 Å². The minimum atomic E-state index is 0.0494. The Balaban J connectivity index is 2.74. The lowest BCUT2D eigenvalue weighted by atomic mass is 9.98. The van der Waals surface area contributed by atoms with E-state index in [1.807, 2.05) is 26.1 Å². The zero-order valence-corrected chi connectivity index (χ0v) is 12.2. The Morgan fingerprint density at radius 3 is 2.63 bits per heavy atom. The van der Waals surface area contributed by atoms with Crippen molar-refractivity contribution < 1.29 is 9.47 Å². The van der Waals surface area contributed by atoms with Gasteiger partial charge < -0.3 is 9.47 Å². The molecule has 5 nitrogen and oxygen atoms in total. The zero-order valence-electron chi connectivity index (χ0n) is 12.2. The number of pyridine rings is 1. The summed E-state index contributed by atoms with van der Waals surface area (Å²) in [5.74, 6) is 6.83. The van der Waals surface area contributed by atoms with Crippen molar-refractivity contribution >= 4 is 0 Å². The largest absolute Gasteiger partial charge is 0.489 e. The van der Waals surface area contributed by atoms with E-state index in [1.165, 1.54) is 0 Å². The van der Waals surface area contributed by atoms with Crippen molar-refractivity contribution in [2.75, 3.05) is 13.7 Å². The highest BCUT2D eigenvalue weighted by atomic mass is 16.5. The Morgan fingerprint density at radius 2 is 2.05 bits per heavy atom. The second-order valence-electron chi connectivity index (χ2n) is 5.14. The fraction of sp³-hybridized carbons (Fsp3) is 0.643. The van der Waals surface area contributed by atoms with Gasteiger partial charge in [0.2, 0.25) is 0 Å². The summed E-state index contributed by atoms with van der Waals surface area (Å²) in [6.07, 6.45) is 4.55. The molecule has 1 rings (SSSR count). The van der Waals surface area contributed by atoms with Crippen molar-refractivity contribution in [2.45, 2.75) is 39.3 Å². The van der Waals surface area contributed by atoms with Crippen molar-refractivity contribution in [1.82, 2.24) is 10.4 Å². The smallest absolute Gasteiger partial charge is 0.138 e. The lowest BCUT2D eigenvalue weighted by Crippen LogP contribution is -2.30. The van der Waals surface area contributed by atoms with E-state index < -0.39 is 0 Å². The SMILES string of the molecule is COCC(C)CC(NN)c1cncc(OC(C)C)c1. The second-order valence-corrected chi connectivity index (χ2v) is 5.14. The third-order valence-electron chi connectivity index (χ3n) is 2.80. The number of methoxy groups -OCH3 is 1. The fourth-order valence-corrected chi connectivity index (χ4v) is 2.02. The Hall–Kier alpha value is -1.17. The van der Waals surface area contributed by atoms with Gasteiger partial charge in [-0.15, -0.1) is 0 Å². The van der Waals surface area contributed by atoms with Crippen molar-refractivity contribution in [3.05, 3.63) is 24.0 Å². The summed E-state index contributed by atoms with van der Waals surface area (Å²) in [7, 11) is 1.71. The molecule has 2 atom stereocenters. The summed E-state index contributed by atoms with van der Waals surface area (Å²) in [4.78, 5) is 4.21. The lowest BCUT2D eigenvalue weighted by molar-refractivity contribution is 0.149. The number of nitrogens with two attached hydrogens (primary N) is 1. The van der Waals surface area contributed by atoms with E-state index in [1.54, 1.807) is 13.3 Å². The maximum atomic E-state index is 5.65. The van der Waals surface area contributed by atoms with Gasteiger partial charge in [-0.05, 0) is 37.8 Å². The summed E-state index contributed by atoms with van der Waals surface area (Å²) in [5.41, 5.74) is 3.87. The number of ether oxygens (including phenoxy) is 2. The maximum Gasteiger partial charge on any atom is 0.138 e. The molecule has 5 heteroatoms. The van der Waals surface area contributed by atoms with Gasteiger partial charge in [0.05, 0.1) is 12.3 Å². The number of hydrazine groups is 1. The number of hydrogen-bond donors (Lipinski definition) is 2. The number of aromatic nitrogens is 1. The van der Waals surface area contributed by atoms with Gasteiger partial charge in [-0.1, -0.05) is 6.92 Å². The average Bonchev–Trinajstić information content (AvgIpc) is 2.35. The molecule has 1 heterocycles. The van der Waals surface area contributed by atoms with Crippen LogP contribution in [0.15, 0.2) is 18.5 Å². The minimum Gasteiger partial charge on any atom is -0.489 e. The Labute approximate surface area is 115 Å². The van der Waals surface area contributed by atoms with E-state index in [2.05, 4.69) is 17.3 Å². The van der Waals surface area contributed by atoms with E-state index in [-0.39, 0.29) is 12.1 Å². The normalized spacial score (nSPS) is 14.4. The van der Waals surface area contributed by atoms with Crippen LogP contribution in [-0.4, -0.2) is 24.8 Å². The van der Waals surface area contributed by atoms with Crippen LogP contribution >= 0.6 is 0 Å². The topological polar surface area (TPSA) is 69.4 Å². The van der Waals surface area contributed by atoms with Gasteiger partial charge in [0.1, 0.15) is 5.75 Å². The van der Waals surface area contributed by atoms with E-state index >= 15 is 0 Å². The molecule has 0 amide bonds. The van der Waals surface area contributed by atoms with Crippen LogP contribution in [0, 0.1) is 5.92 Å². The number of nitrogens with zero attached hydrogens (tertiary/aromatic N) is 1. The molecule has 3 N–H and O–H groups in total. The first-order chi connectivity index (χ1) is 9.06. The third-order valence-corrected chi connectivity index (χ3v) is 2.80. The molecule has 0 aromatic carbocycles. The molecule has 0 saturated carbocycles. The lowest BCUT2D eigenvalue weighted by Gasteiger charge is -2.20. The fourth-order valence-electron chi connectivity index (χ4n) is 2.02. The number of nitrogens with one attached hydrogen (secondary N) is 1. The molecule has 0 spiro atoms. The molecule has 0 aliphatic carbocycles. The zero-order chi connectivity index (χ0) is 14.3. The summed E-state index contributed by atoms with van der Waals surface area (Å²) in [6, 6.07) is 2.03. The molecule has 108 valence electrons. The quantitative estimate of drug-likeness (QED) is 0.557. The molecule has 0 aliphatic heterocycles. The van der Waals surface area contributed by atoms with Crippen LogP contribution < -0.4 is 16.0 Å². The molecule has 0 radical (unpaired) electrons. The third kappa shape index (κ3) is 5.55. The standard InChI is InChI=1S/C14H25N3O2/c1-10(2)19-13-6-12(7-16-8-13)14(17-15)5-11(3)9-18-4/h6-8,10-11,14,17H,5,9,15H2,1-4H3. The predicted molar refractivity (Wildman–Crippen MR) is 75.7 cm³/mol. The van der Waals surface area contributed by atoms with Crippen LogP contribution in [0.4, 0.5) is 0 Å². The Kier molecular flexibility index (Phi) is 6.77. The molecule has 0 aliphatic rings. The van der Waals surface area contributed by atoms with Gasteiger partial charge in [-0.3, -0.25) is 16.3 Å².